The minimum Gasteiger partial charge on any atom is -0.478 e. The summed E-state index contributed by atoms with van der Waals surface area (Å²) in [5, 5.41) is 22.4. The Bertz CT molecular complexity index is 603. The van der Waals surface area contributed by atoms with Gasteiger partial charge < -0.3 is 15.5 Å². The summed E-state index contributed by atoms with van der Waals surface area (Å²) in [6, 6.07) is 6.81. The van der Waals surface area contributed by atoms with Gasteiger partial charge in [0.2, 0.25) is 0 Å². The Morgan fingerprint density at radius 3 is 2.65 bits per heavy atom. The summed E-state index contributed by atoms with van der Waals surface area (Å²) < 4.78 is 11.7. The second-order valence-electron chi connectivity index (χ2n) is 7.12. The van der Waals surface area contributed by atoms with Crippen LogP contribution < -0.4 is 5.32 Å². The molecule has 0 heterocycles. The average molecular weight is 382 g/mol. The van der Waals surface area contributed by atoms with E-state index in [0.717, 1.165) is 31.2 Å². The van der Waals surface area contributed by atoms with E-state index in [1.807, 2.05) is 6.07 Å². The summed E-state index contributed by atoms with van der Waals surface area (Å²) in [7, 11) is -2.28. The Balaban J connectivity index is 1.73. The highest BCUT2D eigenvalue weighted by atomic mass is 31.1. The molecular formula is C19H29NO5P+. The Morgan fingerprint density at radius 2 is 2.00 bits per heavy atom. The molecule has 4 N–H and O–H groups in total. The molecule has 0 radical (unpaired) electrons. The third-order valence-corrected chi connectivity index (χ3v) is 6.34. The van der Waals surface area contributed by atoms with Crippen LogP contribution in [0.1, 0.15) is 54.4 Å². The highest BCUT2D eigenvalue weighted by molar-refractivity contribution is 7.38. The lowest BCUT2D eigenvalue weighted by molar-refractivity contribution is 0.0696. The van der Waals surface area contributed by atoms with E-state index in [1.54, 1.807) is 18.2 Å². The quantitative estimate of drug-likeness (QED) is 0.366. The molecule has 3 atom stereocenters. The summed E-state index contributed by atoms with van der Waals surface area (Å²) in [6.07, 6.45) is 5.71. The van der Waals surface area contributed by atoms with Crippen LogP contribution >= 0.6 is 8.03 Å². The Kier molecular flexibility index (Phi) is 8.66. The van der Waals surface area contributed by atoms with Crippen LogP contribution in [0.4, 0.5) is 0 Å². The molecule has 1 unspecified atom stereocenters. The number of aliphatic hydroxyl groups is 1. The summed E-state index contributed by atoms with van der Waals surface area (Å²) in [4.78, 5) is 20.6. The number of carboxylic acids is 1. The van der Waals surface area contributed by atoms with Crippen LogP contribution in [-0.2, 0) is 11.0 Å². The predicted octanol–water partition coefficient (Wildman–Crippen LogP) is 2.95. The Hall–Kier alpha value is -1.33. The van der Waals surface area contributed by atoms with Gasteiger partial charge in [0.1, 0.15) is 0 Å². The van der Waals surface area contributed by atoms with E-state index in [-0.39, 0.29) is 17.1 Å². The number of carboxylic acid groups (broad SMARTS) is 1. The molecule has 144 valence electrons. The third-order valence-electron chi connectivity index (χ3n) is 5.14. The van der Waals surface area contributed by atoms with Gasteiger partial charge in [0.05, 0.1) is 11.7 Å². The van der Waals surface area contributed by atoms with Crippen molar-refractivity contribution in [3.8, 4) is 0 Å². The topological polar surface area (TPSA) is 107 Å². The van der Waals surface area contributed by atoms with Crippen molar-refractivity contribution in [2.75, 3.05) is 13.1 Å². The molecule has 0 amide bonds. The van der Waals surface area contributed by atoms with Crippen molar-refractivity contribution < 1.29 is 24.5 Å². The molecule has 0 aliphatic heterocycles. The number of aromatic carboxylic acids is 1. The molecule has 2 rings (SSSR count). The molecular weight excluding hydrogens is 353 g/mol. The van der Waals surface area contributed by atoms with E-state index in [1.165, 1.54) is 6.42 Å². The fraction of sp³-hybridized carbons (Fsp3) is 0.632. The summed E-state index contributed by atoms with van der Waals surface area (Å²) in [5.74, 6) is -0.701. The van der Waals surface area contributed by atoms with Gasteiger partial charge in [-0.15, -0.1) is 0 Å². The standard InChI is InChI=1S/C19H28NO5P/c21-17(12-18(26(24)25)15-6-2-1-3-7-15)13-20-10-9-14-5-4-8-16(11-14)19(22)23/h4-5,8,11,15,17-18,20-21H,1-3,6-7,9-10,12-13H2,(H-,22,23,24,25)/p+1/t17-,18+/m0/s1. The first-order valence-corrected chi connectivity index (χ1v) is 10.6. The zero-order chi connectivity index (χ0) is 18.9. The molecule has 1 aliphatic carbocycles. The van der Waals surface area contributed by atoms with E-state index >= 15 is 0 Å². The summed E-state index contributed by atoms with van der Waals surface area (Å²) in [6.45, 7) is 0.977. The van der Waals surface area contributed by atoms with E-state index in [0.29, 0.717) is 25.9 Å². The number of carbonyl (C=O) groups is 1. The monoisotopic (exact) mass is 382 g/mol. The van der Waals surface area contributed by atoms with E-state index in [9.17, 15) is 19.4 Å². The maximum absolute atomic E-state index is 11.7. The molecule has 26 heavy (non-hydrogen) atoms. The van der Waals surface area contributed by atoms with Gasteiger partial charge in [0, 0.05) is 18.9 Å². The van der Waals surface area contributed by atoms with Crippen LogP contribution in [0.15, 0.2) is 24.3 Å². The van der Waals surface area contributed by atoms with Crippen LogP contribution in [0.5, 0.6) is 0 Å². The van der Waals surface area contributed by atoms with Crippen LogP contribution in [0.3, 0.4) is 0 Å². The highest BCUT2D eigenvalue weighted by Crippen LogP contribution is 2.40. The molecule has 1 aromatic carbocycles. The second-order valence-corrected chi connectivity index (χ2v) is 8.39. The first-order valence-electron chi connectivity index (χ1n) is 9.33. The largest absolute Gasteiger partial charge is 0.509 e. The molecule has 1 aromatic rings. The smallest absolute Gasteiger partial charge is 0.478 e. The van der Waals surface area contributed by atoms with Crippen LogP contribution in [0, 0.1) is 5.92 Å². The molecule has 0 bridgehead atoms. The minimum absolute atomic E-state index is 0.241. The van der Waals surface area contributed by atoms with Crippen LogP contribution in [0.2, 0.25) is 0 Å². The lowest BCUT2D eigenvalue weighted by Gasteiger charge is -2.24. The molecule has 7 heteroatoms. The number of rotatable bonds is 10. The zero-order valence-corrected chi connectivity index (χ0v) is 15.9. The third kappa shape index (κ3) is 6.76. The van der Waals surface area contributed by atoms with Crippen molar-refractivity contribution in [3.63, 3.8) is 0 Å². The van der Waals surface area contributed by atoms with Crippen molar-refractivity contribution in [2.45, 2.75) is 56.7 Å². The fourth-order valence-corrected chi connectivity index (χ4v) is 4.79. The molecule has 0 saturated heterocycles. The minimum atomic E-state index is -2.28. The van der Waals surface area contributed by atoms with Gasteiger partial charge in [-0.3, -0.25) is 0 Å². The Labute approximate surface area is 155 Å². The average Bonchev–Trinajstić information content (AvgIpc) is 2.64. The van der Waals surface area contributed by atoms with Crippen LogP contribution in [0.25, 0.3) is 0 Å². The van der Waals surface area contributed by atoms with Crippen molar-refractivity contribution in [2.24, 2.45) is 5.92 Å². The number of nitrogens with one attached hydrogen (secondary N) is 1. The van der Waals surface area contributed by atoms with Gasteiger partial charge in [-0.25, -0.2) is 4.79 Å². The number of aliphatic hydroxyl groups excluding tert-OH is 1. The molecule has 1 aliphatic rings. The normalized spacial score (nSPS) is 18.3. The molecule has 1 fully saturated rings. The van der Waals surface area contributed by atoms with Gasteiger partial charge in [0.25, 0.3) is 0 Å². The van der Waals surface area contributed by atoms with E-state index < -0.39 is 20.1 Å². The first kappa shape index (κ1) is 21.0. The second kappa shape index (κ2) is 10.7. The van der Waals surface area contributed by atoms with Gasteiger partial charge in [-0.2, -0.15) is 4.89 Å². The maximum atomic E-state index is 11.7. The molecule has 6 nitrogen and oxygen atoms in total. The SMILES string of the molecule is O=C(O)c1cccc(CCNC[C@@H](O)C[C@H](C2CCCCC2)[P+](=O)O)c1. The Morgan fingerprint density at radius 1 is 1.27 bits per heavy atom. The van der Waals surface area contributed by atoms with Gasteiger partial charge in [-0.05, 0) is 48.1 Å². The lowest BCUT2D eigenvalue weighted by atomic mass is 9.85. The highest BCUT2D eigenvalue weighted by Gasteiger charge is 2.39. The van der Waals surface area contributed by atoms with Crippen molar-refractivity contribution in [1.82, 2.24) is 5.32 Å². The number of hydrogen-bond donors (Lipinski definition) is 4. The lowest BCUT2D eigenvalue weighted by Crippen LogP contribution is -2.33. The van der Waals surface area contributed by atoms with Gasteiger partial charge >= 0.3 is 14.0 Å². The maximum Gasteiger partial charge on any atom is 0.509 e. The fourth-order valence-electron chi connectivity index (χ4n) is 3.71. The molecule has 0 spiro atoms. The van der Waals surface area contributed by atoms with Gasteiger partial charge in [-0.1, -0.05) is 31.4 Å². The molecule has 1 saturated carbocycles. The van der Waals surface area contributed by atoms with Crippen molar-refractivity contribution >= 4 is 14.0 Å². The van der Waals surface area contributed by atoms with E-state index in [2.05, 4.69) is 5.32 Å². The summed E-state index contributed by atoms with van der Waals surface area (Å²) >= 11 is 0. The zero-order valence-electron chi connectivity index (χ0n) is 15.0. The first-order chi connectivity index (χ1) is 12.5. The van der Waals surface area contributed by atoms with Crippen molar-refractivity contribution in [3.05, 3.63) is 35.4 Å². The van der Waals surface area contributed by atoms with Gasteiger partial charge in [0.15, 0.2) is 5.66 Å². The number of hydrogen-bond acceptors (Lipinski definition) is 4. The van der Waals surface area contributed by atoms with Crippen molar-refractivity contribution in [1.29, 1.82) is 0 Å². The number of benzene rings is 1. The van der Waals surface area contributed by atoms with Crippen LogP contribution in [-0.4, -0.2) is 45.9 Å². The van der Waals surface area contributed by atoms with E-state index in [4.69, 9.17) is 5.11 Å². The summed E-state index contributed by atoms with van der Waals surface area (Å²) in [5.41, 5.74) is 0.865. The molecule has 0 aromatic heterocycles. The predicted molar refractivity (Wildman–Crippen MR) is 101 cm³/mol.